The van der Waals surface area contributed by atoms with Gasteiger partial charge in [-0.25, -0.2) is 0 Å². The second kappa shape index (κ2) is 7.64. The number of ketones is 1. The predicted octanol–water partition coefficient (Wildman–Crippen LogP) is 5.32. The number of nitrogen functional groups attached to an aromatic ring is 1. The molecular formula is C21H16F3NO3. The molecule has 0 spiro atoms. The highest BCUT2D eigenvalue weighted by Crippen LogP contribution is 2.36. The van der Waals surface area contributed by atoms with Crippen LogP contribution in [0.3, 0.4) is 0 Å². The first-order chi connectivity index (χ1) is 13.3. The maximum atomic E-state index is 13.0. The normalized spacial score (nSPS) is 11.1. The molecule has 2 N–H and O–H groups in total. The molecule has 0 heterocycles. The van der Waals surface area contributed by atoms with Crippen LogP contribution in [0.25, 0.3) is 0 Å². The SMILES string of the molecule is COc1ccc(Oc2cccc(C(=O)c3cccc(C(F)(F)F)c3N)c2)cc1. The molecule has 0 atom stereocenters. The first-order valence-corrected chi connectivity index (χ1v) is 8.22. The van der Waals surface area contributed by atoms with Crippen LogP contribution in [0.1, 0.15) is 21.5 Å². The number of rotatable bonds is 5. The Kier molecular flexibility index (Phi) is 5.26. The van der Waals surface area contributed by atoms with Crippen LogP contribution < -0.4 is 15.2 Å². The van der Waals surface area contributed by atoms with E-state index in [9.17, 15) is 18.0 Å². The average Bonchev–Trinajstić information content (AvgIpc) is 2.67. The van der Waals surface area contributed by atoms with Crippen molar-refractivity contribution in [3.8, 4) is 17.2 Å². The van der Waals surface area contributed by atoms with Gasteiger partial charge in [0.25, 0.3) is 0 Å². The summed E-state index contributed by atoms with van der Waals surface area (Å²) in [5, 5.41) is 0. The number of nitrogens with two attached hydrogens (primary N) is 1. The van der Waals surface area contributed by atoms with Crippen LogP contribution in [0.2, 0.25) is 0 Å². The summed E-state index contributed by atoms with van der Waals surface area (Å²) in [6.45, 7) is 0. The molecule has 3 aromatic carbocycles. The van der Waals surface area contributed by atoms with Crippen molar-refractivity contribution in [2.75, 3.05) is 12.8 Å². The number of ether oxygens (including phenoxy) is 2. The van der Waals surface area contributed by atoms with Crippen molar-refractivity contribution in [1.82, 2.24) is 0 Å². The van der Waals surface area contributed by atoms with Gasteiger partial charge in [0.2, 0.25) is 0 Å². The van der Waals surface area contributed by atoms with Crippen LogP contribution >= 0.6 is 0 Å². The van der Waals surface area contributed by atoms with Crippen molar-refractivity contribution in [1.29, 1.82) is 0 Å². The molecule has 0 aliphatic heterocycles. The van der Waals surface area contributed by atoms with E-state index in [1.165, 1.54) is 18.2 Å². The molecule has 0 saturated carbocycles. The second-order valence-electron chi connectivity index (χ2n) is 5.90. The Morgan fingerprint density at radius 3 is 2.18 bits per heavy atom. The zero-order valence-electron chi connectivity index (χ0n) is 14.8. The van der Waals surface area contributed by atoms with Crippen LogP contribution in [0.4, 0.5) is 18.9 Å². The lowest BCUT2D eigenvalue weighted by Crippen LogP contribution is -2.13. The van der Waals surface area contributed by atoms with Gasteiger partial charge < -0.3 is 15.2 Å². The standard InChI is InChI=1S/C21H16F3NO3/c1-27-14-8-10-15(11-9-14)28-16-5-2-4-13(12-16)20(26)17-6-3-7-18(19(17)25)21(22,23)24/h2-12H,25H2,1H3. The Labute approximate surface area is 159 Å². The molecule has 3 rings (SSSR count). The molecular weight excluding hydrogens is 371 g/mol. The molecule has 4 nitrogen and oxygen atoms in total. The van der Waals surface area contributed by atoms with Gasteiger partial charge in [-0.1, -0.05) is 18.2 Å². The lowest BCUT2D eigenvalue weighted by molar-refractivity contribution is -0.136. The number of hydrogen-bond acceptors (Lipinski definition) is 4. The van der Waals surface area contributed by atoms with Gasteiger partial charge in [-0.05, 0) is 48.5 Å². The third-order valence-corrected chi connectivity index (χ3v) is 4.05. The molecule has 0 amide bonds. The van der Waals surface area contributed by atoms with E-state index in [-0.39, 0.29) is 11.1 Å². The smallest absolute Gasteiger partial charge is 0.418 e. The highest BCUT2D eigenvalue weighted by atomic mass is 19.4. The molecule has 7 heteroatoms. The molecule has 0 radical (unpaired) electrons. The Hall–Kier alpha value is -3.48. The molecule has 3 aromatic rings. The number of methoxy groups -OCH3 is 1. The van der Waals surface area contributed by atoms with E-state index in [4.69, 9.17) is 15.2 Å². The fraction of sp³-hybridized carbons (Fsp3) is 0.0952. The van der Waals surface area contributed by atoms with Crippen LogP contribution in [0.15, 0.2) is 66.7 Å². The Balaban J connectivity index is 1.88. The van der Waals surface area contributed by atoms with Crippen molar-refractivity contribution in [2.24, 2.45) is 0 Å². The molecule has 0 unspecified atom stereocenters. The lowest BCUT2D eigenvalue weighted by Gasteiger charge is -2.13. The van der Waals surface area contributed by atoms with Gasteiger partial charge in [-0.2, -0.15) is 13.2 Å². The van der Waals surface area contributed by atoms with E-state index in [0.717, 1.165) is 12.1 Å². The Bertz CT molecular complexity index is 999. The minimum absolute atomic E-state index is 0.164. The molecule has 144 valence electrons. The summed E-state index contributed by atoms with van der Waals surface area (Å²) in [5.41, 5.74) is 3.93. The summed E-state index contributed by atoms with van der Waals surface area (Å²) in [6.07, 6.45) is -4.64. The van der Waals surface area contributed by atoms with Gasteiger partial charge in [0, 0.05) is 11.1 Å². The van der Waals surface area contributed by atoms with Crippen LogP contribution in [0.5, 0.6) is 17.2 Å². The number of benzene rings is 3. The van der Waals surface area contributed by atoms with Crippen molar-refractivity contribution in [2.45, 2.75) is 6.18 Å². The van der Waals surface area contributed by atoms with Gasteiger partial charge in [-0.3, -0.25) is 4.79 Å². The minimum Gasteiger partial charge on any atom is -0.497 e. The number of alkyl halides is 3. The quantitative estimate of drug-likeness (QED) is 0.475. The van der Waals surface area contributed by atoms with Gasteiger partial charge in [0.05, 0.1) is 18.4 Å². The molecule has 0 saturated heterocycles. The molecule has 0 fully saturated rings. The number of carbonyl (C=O) groups is 1. The minimum atomic E-state index is -4.64. The second-order valence-corrected chi connectivity index (χ2v) is 5.90. The molecule has 28 heavy (non-hydrogen) atoms. The third kappa shape index (κ3) is 4.09. The molecule has 0 aliphatic rings. The number of para-hydroxylation sites is 1. The molecule has 0 bridgehead atoms. The summed E-state index contributed by atoms with van der Waals surface area (Å²) in [4.78, 5) is 12.7. The first kappa shape index (κ1) is 19.3. The third-order valence-electron chi connectivity index (χ3n) is 4.05. The summed E-state index contributed by atoms with van der Waals surface area (Å²) in [5.74, 6) is 0.922. The van der Waals surface area contributed by atoms with Crippen LogP contribution in [-0.4, -0.2) is 12.9 Å². The van der Waals surface area contributed by atoms with E-state index in [1.807, 2.05) is 0 Å². The van der Waals surface area contributed by atoms with Crippen molar-refractivity contribution >= 4 is 11.5 Å². The summed E-state index contributed by atoms with van der Waals surface area (Å²) >= 11 is 0. The van der Waals surface area contributed by atoms with Crippen molar-refractivity contribution in [3.05, 3.63) is 83.4 Å². The lowest BCUT2D eigenvalue weighted by atomic mass is 9.98. The van der Waals surface area contributed by atoms with Crippen molar-refractivity contribution < 1.29 is 27.4 Å². The van der Waals surface area contributed by atoms with Gasteiger partial charge in [0.1, 0.15) is 17.2 Å². The maximum Gasteiger partial charge on any atom is 0.418 e. The van der Waals surface area contributed by atoms with E-state index >= 15 is 0 Å². The largest absolute Gasteiger partial charge is 0.497 e. The number of hydrogen-bond donors (Lipinski definition) is 1. The highest BCUT2D eigenvalue weighted by Gasteiger charge is 2.34. The summed E-state index contributed by atoms with van der Waals surface area (Å²) in [7, 11) is 1.55. The maximum absolute atomic E-state index is 13.0. The van der Waals surface area contributed by atoms with E-state index in [2.05, 4.69) is 0 Å². The van der Waals surface area contributed by atoms with Crippen molar-refractivity contribution in [3.63, 3.8) is 0 Å². The zero-order chi connectivity index (χ0) is 20.3. The van der Waals surface area contributed by atoms with Gasteiger partial charge >= 0.3 is 6.18 Å². The van der Waals surface area contributed by atoms with E-state index in [0.29, 0.717) is 17.2 Å². The van der Waals surface area contributed by atoms with E-state index in [1.54, 1.807) is 43.5 Å². The Morgan fingerprint density at radius 1 is 0.893 bits per heavy atom. The van der Waals surface area contributed by atoms with E-state index < -0.39 is 23.2 Å². The zero-order valence-corrected chi connectivity index (χ0v) is 14.8. The predicted molar refractivity (Wildman–Crippen MR) is 98.8 cm³/mol. The average molecular weight is 387 g/mol. The number of halogens is 3. The number of carbonyl (C=O) groups excluding carboxylic acids is 1. The van der Waals surface area contributed by atoms with Crippen LogP contribution in [-0.2, 0) is 6.18 Å². The Morgan fingerprint density at radius 2 is 1.54 bits per heavy atom. The summed E-state index contributed by atoms with van der Waals surface area (Å²) in [6, 6.07) is 16.2. The fourth-order valence-electron chi connectivity index (χ4n) is 2.65. The van der Waals surface area contributed by atoms with Gasteiger partial charge in [-0.15, -0.1) is 0 Å². The number of anilines is 1. The first-order valence-electron chi connectivity index (χ1n) is 8.22. The van der Waals surface area contributed by atoms with Crippen LogP contribution in [0, 0.1) is 0 Å². The summed E-state index contributed by atoms with van der Waals surface area (Å²) < 4.78 is 49.9. The fourth-order valence-corrected chi connectivity index (χ4v) is 2.65. The van der Waals surface area contributed by atoms with Gasteiger partial charge in [0.15, 0.2) is 5.78 Å². The highest BCUT2D eigenvalue weighted by molar-refractivity contribution is 6.12. The molecule has 0 aromatic heterocycles. The molecule has 0 aliphatic carbocycles. The monoisotopic (exact) mass is 387 g/mol. The topological polar surface area (TPSA) is 61.5 Å².